The van der Waals surface area contributed by atoms with Crippen molar-refractivity contribution in [2.45, 2.75) is 0 Å². The molecule has 0 saturated heterocycles. The van der Waals surface area contributed by atoms with Gasteiger partial charge >= 0.3 is 0 Å². The lowest BCUT2D eigenvalue weighted by atomic mass is 9.69. The normalized spacial score (nSPS) is 12.0. The van der Waals surface area contributed by atoms with Crippen molar-refractivity contribution >= 4 is 129 Å². The molecule has 0 radical (unpaired) electrons. The van der Waals surface area contributed by atoms with Crippen LogP contribution in [0.4, 0.5) is 0 Å². The van der Waals surface area contributed by atoms with Gasteiger partial charge in [0.15, 0.2) is 0 Å². The van der Waals surface area contributed by atoms with Gasteiger partial charge in [-0.15, -0.1) is 0 Å². The predicted octanol–water partition coefficient (Wildman–Crippen LogP) is 25.5. The third kappa shape index (κ3) is 7.49. The van der Waals surface area contributed by atoms with Crippen LogP contribution in [0.2, 0.25) is 0 Å². The largest absolute Gasteiger partial charge is 0.0616 e. The molecular weight excluding hydrogens is 1080 g/mol. The average Bonchev–Trinajstić information content (AvgIpc) is 0.693. The molecule has 0 aliphatic rings. The van der Waals surface area contributed by atoms with Gasteiger partial charge in [0, 0.05) is 0 Å². The van der Waals surface area contributed by atoms with Crippen LogP contribution in [0.1, 0.15) is 0 Å². The van der Waals surface area contributed by atoms with Crippen molar-refractivity contribution in [2.75, 3.05) is 0 Å². The Labute approximate surface area is 520 Å². The third-order valence-electron chi connectivity index (χ3n) is 19.6. The molecule has 19 aromatic rings. The molecule has 19 aromatic carbocycles. The standard InChI is InChI=1S/C90H54/c1-13-37-67-55(25-1)49-56-26-2-14-38-68(56)79(67)85-86(80-69-39-15-3-27-57(69)50-58-28-4-16-40-70(58)80)88(82-73-43-19-7-31-61(73)52-62-32-8-20-44-74(62)82)90(84-77-47-23-11-35-65(77)54-66-36-12-24-48-78(66)84)89(83-75-45-21-9-33-63(75)53-64-34-10-22-46-76(64)83)87(85)81-71-41-17-5-29-59(71)51-60-30-6-18-42-72(60)81/h1-54H. The van der Waals surface area contributed by atoms with Crippen molar-refractivity contribution in [3.63, 3.8) is 0 Å². The van der Waals surface area contributed by atoms with E-state index in [4.69, 9.17) is 0 Å². The molecule has 0 aromatic heterocycles. The van der Waals surface area contributed by atoms with Crippen LogP contribution in [-0.4, -0.2) is 0 Å². The lowest BCUT2D eigenvalue weighted by molar-refractivity contribution is 1.60. The van der Waals surface area contributed by atoms with Crippen LogP contribution in [-0.2, 0) is 0 Å². The monoisotopic (exact) mass is 1130 g/mol. The molecule has 0 bridgehead atoms. The van der Waals surface area contributed by atoms with E-state index in [-0.39, 0.29) is 0 Å². The minimum Gasteiger partial charge on any atom is -0.0616 e. The zero-order valence-corrected chi connectivity index (χ0v) is 49.2. The Balaban J connectivity index is 1.28. The fraction of sp³-hybridized carbons (Fsp3) is 0. The predicted molar refractivity (Wildman–Crippen MR) is 389 cm³/mol. The van der Waals surface area contributed by atoms with Crippen LogP contribution in [0.15, 0.2) is 328 Å². The molecule has 0 fully saturated rings. The van der Waals surface area contributed by atoms with Crippen molar-refractivity contribution in [1.29, 1.82) is 0 Å². The maximum atomic E-state index is 2.42. The highest BCUT2D eigenvalue weighted by molar-refractivity contribution is 6.36. The fourth-order valence-corrected chi connectivity index (χ4v) is 15.9. The molecule has 0 spiro atoms. The first-order valence-electron chi connectivity index (χ1n) is 31.4. The molecule has 414 valence electrons. The summed E-state index contributed by atoms with van der Waals surface area (Å²) >= 11 is 0. The second-order valence-electron chi connectivity index (χ2n) is 24.4. The number of rotatable bonds is 6. The van der Waals surface area contributed by atoms with Gasteiger partial charge in [-0.05, 0) is 232 Å². The van der Waals surface area contributed by atoms with Gasteiger partial charge < -0.3 is 0 Å². The topological polar surface area (TPSA) is 0 Å². The summed E-state index contributed by atoms with van der Waals surface area (Å²) in [6.07, 6.45) is 0. The molecule has 0 aliphatic heterocycles. The Morgan fingerprint density at radius 1 is 0.0889 bits per heavy atom. The van der Waals surface area contributed by atoms with E-state index in [9.17, 15) is 0 Å². The molecule has 19 rings (SSSR count). The first-order valence-corrected chi connectivity index (χ1v) is 31.4. The van der Waals surface area contributed by atoms with Gasteiger partial charge in [-0.3, -0.25) is 0 Å². The van der Waals surface area contributed by atoms with Crippen LogP contribution >= 0.6 is 0 Å². The summed E-state index contributed by atoms with van der Waals surface area (Å²) in [5.41, 5.74) is 14.4. The molecule has 0 nitrogen and oxygen atoms in total. The maximum Gasteiger partial charge on any atom is -0.0000483 e. The van der Waals surface area contributed by atoms with Crippen LogP contribution in [0.25, 0.3) is 196 Å². The Morgan fingerprint density at radius 3 is 0.278 bits per heavy atom. The van der Waals surface area contributed by atoms with E-state index in [0.717, 1.165) is 0 Å². The van der Waals surface area contributed by atoms with Crippen LogP contribution < -0.4 is 0 Å². The zero-order valence-electron chi connectivity index (χ0n) is 49.2. The highest BCUT2D eigenvalue weighted by atomic mass is 14.4. The van der Waals surface area contributed by atoms with E-state index in [1.807, 2.05) is 0 Å². The smallest absolute Gasteiger partial charge is 0.0000483 e. The lowest BCUT2D eigenvalue weighted by Crippen LogP contribution is -2.06. The summed E-state index contributed by atoms with van der Waals surface area (Å²) in [5.74, 6) is 0. The maximum absolute atomic E-state index is 2.42. The summed E-state index contributed by atoms with van der Waals surface area (Å²) in [4.78, 5) is 0. The quantitative estimate of drug-likeness (QED) is 0.146. The second-order valence-corrected chi connectivity index (χ2v) is 24.4. The van der Waals surface area contributed by atoms with Crippen molar-refractivity contribution in [3.8, 4) is 66.8 Å². The average molecular weight is 1140 g/mol. The van der Waals surface area contributed by atoms with E-state index < -0.39 is 0 Å². The van der Waals surface area contributed by atoms with Crippen molar-refractivity contribution in [2.24, 2.45) is 0 Å². The zero-order chi connectivity index (χ0) is 59.0. The van der Waals surface area contributed by atoms with Gasteiger partial charge in [0.1, 0.15) is 0 Å². The highest BCUT2D eigenvalue weighted by Crippen LogP contribution is 2.64. The minimum absolute atomic E-state index is 1.19. The number of benzene rings is 19. The van der Waals surface area contributed by atoms with E-state index in [1.165, 1.54) is 196 Å². The van der Waals surface area contributed by atoms with Crippen LogP contribution in [0.5, 0.6) is 0 Å². The summed E-state index contributed by atoms with van der Waals surface area (Å²) in [5, 5.41) is 28.6. The van der Waals surface area contributed by atoms with E-state index >= 15 is 0 Å². The second kappa shape index (κ2) is 19.9. The summed E-state index contributed by atoms with van der Waals surface area (Å²) in [6, 6.07) is 125. The van der Waals surface area contributed by atoms with Gasteiger partial charge in [-0.2, -0.15) is 0 Å². The van der Waals surface area contributed by atoms with Gasteiger partial charge in [-0.25, -0.2) is 0 Å². The first kappa shape index (κ1) is 50.5. The third-order valence-corrected chi connectivity index (χ3v) is 19.6. The fourth-order valence-electron chi connectivity index (χ4n) is 15.9. The van der Waals surface area contributed by atoms with Crippen molar-refractivity contribution < 1.29 is 0 Å². The number of hydrogen-bond donors (Lipinski definition) is 0. The molecule has 0 amide bonds. The Bertz CT molecular complexity index is 4940. The SMILES string of the molecule is c1ccc2c(-c3c(-c4c5ccccc5cc5ccccc45)c(-c4c5ccccc5cc5ccccc45)c(-c4c5ccccc5cc5ccccc45)c(-c4c5ccccc5cc5ccccc45)c3-c3c4ccccc4cc4ccccc34)c3ccccc3cc2c1. The van der Waals surface area contributed by atoms with E-state index in [2.05, 4.69) is 328 Å². The van der Waals surface area contributed by atoms with Gasteiger partial charge in [0.2, 0.25) is 0 Å². The minimum atomic E-state index is 1.19. The summed E-state index contributed by atoms with van der Waals surface area (Å²) in [6.45, 7) is 0. The van der Waals surface area contributed by atoms with Gasteiger partial charge in [0.25, 0.3) is 0 Å². The van der Waals surface area contributed by atoms with Crippen molar-refractivity contribution in [1.82, 2.24) is 0 Å². The highest BCUT2D eigenvalue weighted by Gasteiger charge is 2.36. The molecule has 0 heterocycles. The number of hydrogen-bond acceptors (Lipinski definition) is 0. The van der Waals surface area contributed by atoms with E-state index in [0.29, 0.717) is 0 Å². The van der Waals surface area contributed by atoms with Crippen LogP contribution in [0.3, 0.4) is 0 Å². The van der Waals surface area contributed by atoms with Crippen molar-refractivity contribution in [3.05, 3.63) is 328 Å². The molecular formula is C90H54. The van der Waals surface area contributed by atoms with E-state index in [1.54, 1.807) is 0 Å². The van der Waals surface area contributed by atoms with Gasteiger partial charge in [-0.1, -0.05) is 291 Å². The molecule has 0 N–H and O–H groups in total. The molecule has 0 unspecified atom stereocenters. The molecule has 0 aliphatic carbocycles. The first-order chi connectivity index (χ1) is 44.7. The molecule has 90 heavy (non-hydrogen) atoms. The Morgan fingerprint density at radius 2 is 0.178 bits per heavy atom. The summed E-state index contributed by atoms with van der Waals surface area (Å²) in [7, 11) is 0. The van der Waals surface area contributed by atoms with Gasteiger partial charge in [0.05, 0.1) is 0 Å². The molecule has 0 atom stereocenters. The Kier molecular flexibility index (Phi) is 11.2. The molecule has 0 heteroatoms. The summed E-state index contributed by atoms with van der Waals surface area (Å²) < 4.78 is 0. The number of fused-ring (bicyclic) bond motifs is 12. The molecule has 0 saturated carbocycles. The Hall–Kier alpha value is -11.7. The lowest BCUT2D eigenvalue weighted by Gasteiger charge is -2.33. The van der Waals surface area contributed by atoms with Crippen LogP contribution in [0, 0.1) is 0 Å².